The van der Waals surface area contributed by atoms with E-state index in [1.165, 1.54) is 21.9 Å². The highest BCUT2D eigenvalue weighted by atomic mass is 16.5. The van der Waals surface area contributed by atoms with E-state index in [0.717, 1.165) is 13.1 Å². The minimum absolute atomic E-state index is 0.123. The van der Waals surface area contributed by atoms with Crippen LogP contribution in [0.2, 0.25) is 0 Å². The molecule has 2 aliphatic heterocycles. The maximum absolute atomic E-state index is 12.8. The van der Waals surface area contributed by atoms with Crippen LogP contribution in [0.3, 0.4) is 0 Å². The van der Waals surface area contributed by atoms with Crippen LogP contribution in [0.15, 0.2) is 35.5 Å². The van der Waals surface area contributed by atoms with Crippen molar-refractivity contribution >= 4 is 12.0 Å². The second-order valence-electron chi connectivity index (χ2n) is 6.65. The Kier molecular flexibility index (Phi) is 5.98. The lowest BCUT2D eigenvalue weighted by molar-refractivity contribution is -0.904. The molecule has 8 nitrogen and oxygen atoms in total. The molecule has 0 bridgehead atoms. The summed E-state index contributed by atoms with van der Waals surface area (Å²) in [5.41, 5.74) is 1.81. The summed E-state index contributed by atoms with van der Waals surface area (Å²) in [7, 11) is 1.66. The summed E-state index contributed by atoms with van der Waals surface area (Å²) in [4.78, 5) is 28.1. The van der Waals surface area contributed by atoms with Crippen LogP contribution >= 0.6 is 0 Å². The van der Waals surface area contributed by atoms with Gasteiger partial charge >= 0.3 is 12.0 Å². The second-order valence-corrected chi connectivity index (χ2v) is 6.65. The van der Waals surface area contributed by atoms with E-state index in [0.29, 0.717) is 36.6 Å². The number of likely N-dealkylation sites (N-methyl/N-ethyl adjacent to an activating group) is 1. The fourth-order valence-corrected chi connectivity index (χ4v) is 3.41. The van der Waals surface area contributed by atoms with Crippen LogP contribution in [0.4, 0.5) is 4.79 Å². The van der Waals surface area contributed by atoms with E-state index in [1.807, 2.05) is 0 Å². The third-order valence-electron chi connectivity index (χ3n) is 4.92. The Morgan fingerprint density at radius 1 is 1.33 bits per heavy atom. The number of phenolic OH excluding ortho intramolecular Hbond substituents is 1. The molecule has 0 spiro atoms. The van der Waals surface area contributed by atoms with Crippen molar-refractivity contribution in [2.75, 3.05) is 46.5 Å². The highest BCUT2D eigenvalue weighted by molar-refractivity contribution is 5.95. The van der Waals surface area contributed by atoms with Crippen molar-refractivity contribution in [3.05, 3.63) is 41.1 Å². The largest absolute Gasteiger partial charge is 0.508 e. The lowest BCUT2D eigenvalue weighted by Gasteiger charge is -2.36. The van der Waals surface area contributed by atoms with Gasteiger partial charge in [0.2, 0.25) is 0 Å². The molecule has 3 rings (SSSR count). The highest BCUT2D eigenvalue weighted by Gasteiger charge is 2.38. The highest BCUT2D eigenvalue weighted by Crippen LogP contribution is 2.31. The van der Waals surface area contributed by atoms with Gasteiger partial charge in [-0.2, -0.15) is 0 Å². The molecule has 1 aromatic carbocycles. The summed E-state index contributed by atoms with van der Waals surface area (Å²) in [5.74, 6) is -0.317. The Morgan fingerprint density at radius 2 is 2.00 bits per heavy atom. The van der Waals surface area contributed by atoms with E-state index in [4.69, 9.17) is 9.47 Å². The number of ether oxygens (including phenoxy) is 2. The molecule has 8 heteroatoms. The Morgan fingerprint density at radius 3 is 2.63 bits per heavy atom. The van der Waals surface area contributed by atoms with Crippen molar-refractivity contribution in [2.45, 2.75) is 13.0 Å². The van der Waals surface area contributed by atoms with Gasteiger partial charge in [-0.3, -0.25) is 4.90 Å². The van der Waals surface area contributed by atoms with Crippen molar-refractivity contribution < 1.29 is 29.1 Å². The standard InChI is InChI=1S/C19H25N3O5/c1-3-27-18(24)16-15(12-22-8-10-26-11-9-22)21(2)19(25)20-17(16)13-4-6-14(23)7-5-13/h4-7,17,23H,3,8-12H2,1-2H3,(H,20,25)/p+1/t17-/m1/s1. The first-order valence-electron chi connectivity index (χ1n) is 9.16. The number of nitrogens with one attached hydrogen (secondary N) is 2. The van der Waals surface area contributed by atoms with Crippen molar-refractivity contribution in [3.63, 3.8) is 0 Å². The predicted molar refractivity (Wildman–Crippen MR) is 97.2 cm³/mol. The quantitative estimate of drug-likeness (QED) is 0.620. The minimum atomic E-state index is -0.621. The van der Waals surface area contributed by atoms with Gasteiger partial charge in [-0.1, -0.05) is 12.1 Å². The second kappa shape index (κ2) is 8.41. The van der Waals surface area contributed by atoms with E-state index in [9.17, 15) is 14.7 Å². The van der Waals surface area contributed by atoms with Gasteiger partial charge in [-0.25, -0.2) is 9.59 Å². The number of hydrogen-bond acceptors (Lipinski definition) is 5. The molecule has 1 atom stereocenters. The first kappa shape index (κ1) is 19.2. The molecule has 2 amide bonds. The number of aromatic hydroxyl groups is 1. The first-order chi connectivity index (χ1) is 13.0. The number of morpholine rings is 1. The molecule has 3 N–H and O–H groups in total. The van der Waals surface area contributed by atoms with Gasteiger partial charge in [0.15, 0.2) is 0 Å². The van der Waals surface area contributed by atoms with Crippen molar-refractivity contribution in [1.82, 2.24) is 10.2 Å². The summed E-state index contributed by atoms with van der Waals surface area (Å²) in [6.45, 7) is 5.50. The molecule has 1 fully saturated rings. The number of quaternary nitrogens is 1. The van der Waals surface area contributed by atoms with Crippen LogP contribution in [0, 0.1) is 0 Å². The zero-order chi connectivity index (χ0) is 19.4. The molecule has 2 aliphatic rings. The zero-order valence-corrected chi connectivity index (χ0v) is 15.7. The minimum Gasteiger partial charge on any atom is -0.508 e. The van der Waals surface area contributed by atoms with Crippen LogP contribution in [-0.4, -0.2) is 68.5 Å². The number of phenols is 1. The van der Waals surface area contributed by atoms with Crippen LogP contribution in [0.1, 0.15) is 18.5 Å². The number of esters is 1. The Hall–Kier alpha value is -2.58. The molecular weight excluding hydrogens is 350 g/mol. The van der Waals surface area contributed by atoms with E-state index in [2.05, 4.69) is 5.32 Å². The van der Waals surface area contributed by atoms with Gasteiger partial charge in [-0.15, -0.1) is 0 Å². The van der Waals surface area contributed by atoms with E-state index < -0.39 is 12.0 Å². The summed E-state index contributed by atoms with van der Waals surface area (Å²) >= 11 is 0. The average molecular weight is 376 g/mol. The number of urea groups is 1. The fourth-order valence-electron chi connectivity index (χ4n) is 3.41. The van der Waals surface area contributed by atoms with Gasteiger partial charge in [-0.05, 0) is 24.6 Å². The Labute approximate surface area is 158 Å². The topological polar surface area (TPSA) is 92.5 Å². The van der Waals surface area contributed by atoms with E-state index in [-0.39, 0.29) is 18.4 Å². The van der Waals surface area contributed by atoms with E-state index >= 15 is 0 Å². The number of benzene rings is 1. The van der Waals surface area contributed by atoms with Gasteiger partial charge in [0.05, 0.1) is 37.1 Å². The third kappa shape index (κ3) is 4.23. The maximum Gasteiger partial charge on any atom is 0.338 e. The summed E-state index contributed by atoms with van der Waals surface area (Å²) in [6.07, 6.45) is 0. The maximum atomic E-state index is 12.8. The normalized spacial score (nSPS) is 21.2. The number of carbonyl (C=O) groups excluding carboxylic acids is 2. The molecule has 1 aromatic rings. The molecule has 27 heavy (non-hydrogen) atoms. The lowest BCUT2D eigenvalue weighted by Crippen LogP contribution is -3.14. The monoisotopic (exact) mass is 376 g/mol. The van der Waals surface area contributed by atoms with Crippen LogP contribution in [0.5, 0.6) is 5.75 Å². The molecule has 0 aliphatic carbocycles. The van der Waals surface area contributed by atoms with Crippen LogP contribution in [0.25, 0.3) is 0 Å². The fraction of sp³-hybridized carbons (Fsp3) is 0.474. The van der Waals surface area contributed by atoms with Gasteiger partial charge < -0.3 is 24.8 Å². The number of hydrogen-bond donors (Lipinski definition) is 3. The lowest BCUT2D eigenvalue weighted by atomic mass is 9.94. The molecule has 146 valence electrons. The molecule has 1 saturated heterocycles. The van der Waals surface area contributed by atoms with Gasteiger partial charge in [0.1, 0.15) is 25.4 Å². The summed E-state index contributed by atoms with van der Waals surface area (Å²) in [5, 5.41) is 12.4. The van der Waals surface area contributed by atoms with Crippen LogP contribution in [-0.2, 0) is 14.3 Å². The Balaban J connectivity index is 2.03. The number of nitrogens with zero attached hydrogens (tertiary/aromatic N) is 1. The summed E-state index contributed by atoms with van der Waals surface area (Å²) < 4.78 is 10.7. The molecule has 2 heterocycles. The predicted octanol–water partition coefficient (Wildman–Crippen LogP) is -0.179. The number of amides is 2. The summed E-state index contributed by atoms with van der Waals surface area (Å²) in [6, 6.07) is 5.58. The van der Waals surface area contributed by atoms with E-state index in [1.54, 1.807) is 26.1 Å². The Bertz CT molecular complexity index is 725. The van der Waals surface area contributed by atoms with Gasteiger partial charge in [0.25, 0.3) is 0 Å². The molecule has 0 aromatic heterocycles. The first-order valence-corrected chi connectivity index (χ1v) is 9.16. The molecule has 0 radical (unpaired) electrons. The molecule has 0 unspecified atom stereocenters. The smallest absolute Gasteiger partial charge is 0.338 e. The van der Waals surface area contributed by atoms with Crippen molar-refractivity contribution in [3.8, 4) is 5.75 Å². The number of carbonyl (C=O) groups is 2. The van der Waals surface area contributed by atoms with Crippen molar-refractivity contribution in [2.24, 2.45) is 0 Å². The van der Waals surface area contributed by atoms with Crippen LogP contribution < -0.4 is 10.2 Å². The zero-order valence-electron chi connectivity index (χ0n) is 15.7. The average Bonchev–Trinajstić information content (AvgIpc) is 2.67. The van der Waals surface area contributed by atoms with Crippen molar-refractivity contribution in [1.29, 1.82) is 0 Å². The SMILES string of the molecule is CCOC(=O)C1=C(C[NH+]2CCOCC2)N(C)C(=O)N[C@@H]1c1ccc(O)cc1. The number of rotatable bonds is 5. The molecular formula is C19H26N3O5+. The molecule has 0 saturated carbocycles. The van der Waals surface area contributed by atoms with Gasteiger partial charge in [0, 0.05) is 7.05 Å². The third-order valence-corrected chi connectivity index (χ3v) is 4.92.